The Bertz CT molecular complexity index is 520. The molecule has 1 heterocycles. The third-order valence-electron chi connectivity index (χ3n) is 2.51. The first kappa shape index (κ1) is 8.48. The summed E-state index contributed by atoms with van der Waals surface area (Å²) in [4.78, 5) is 0. The molecule has 1 aliphatic heterocycles. The number of ether oxygens (including phenoxy) is 1. The summed E-state index contributed by atoms with van der Waals surface area (Å²) in [5.74, 6) is 1.22. The highest BCUT2D eigenvalue weighted by atomic mass is 19.1. The summed E-state index contributed by atoms with van der Waals surface area (Å²) in [6.45, 7) is 0. The summed E-state index contributed by atoms with van der Waals surface area (Å²) in [5.41, 5.74) is 1.86. The van der Waals surface area contributed by atoms with E-state index in [1.54, 1.807) is 6.07 Å². The molecule has 0 saturated heterocycles. The number of rotatable bonds is 0. The molecule has 1 radical (unpaired) electrons. The van der Waals surface area contributed by atoms with E-state index in [4.69, 9.17) is 4.74 Å². The maximum Gasteiger partial charge on any atom is 0.131 e. The number of para-hydroxylation sites is 1. The minimum Gasteiger partial charge on any atom is -0.457 e. The van der Waals surface area contributed by atoms with Gasteiger partial charge in [0, 0.05) is 18.1 Å². The lowest BCUT2D eigenvalue weighted by Gasteiger charge is -2.19. The minimum atomic E-state index is -0.336. The molecule has 1 aliphatic rings. The van der Waals surface area contributed by atoms with Crippen molar-refractivity contribution in [1.29, 1.82) is 0 Å². The zero-order valence-corrected chi connectivity index (χ0v) is 7.96. The predicted octanol–water partition coefficient (Wildman–Crippen LogP) is 3.32. The van der Waals surface area contributed by atoms with Crippen LogP contribution in [-0.4, -0.2) is 0 Å². The Balaban J connectivity index is 2.11. The number of hydrogen-bond acceptors (Lipinski definition) is 1. The van der Waals surface area contributed by atoms with Crippen LogP contribution in [0, 0.1) is 11.9 Å². The van der Waals surface area contributed by atoms with E-state index in [9.17, 15) is 4.39 Å². The normalized spacial score (nSPS) is 12.6. The zero-order chi connectivity index (χ0) is 10.3. The standard InChI is InChI=1S/C13H8FO/c14-11-5-6-13-10(8-11)7-9-3-1-2-4-12(9)15-13/h1-6H,7H2. The van der Waals surface area contributed by atoms with Crippen LogP contribution in [0.15, 0.2) is 36.4 Å². The second-order valence-corrected chi connectivity index (χ2v) is 3.54. The van der Waals surface area contributed by atoms with Crippen molar-refractivity contribution < 1.29 is 9.13 Å². The Morgan fingerprint density at radius 1 is 1.07 bits per heavy atom. The monoisotopic (exact) mass is 199 g/mol. The molecule has 1 nitrogen and oxygen atoms in total. The van der Waals surface area contributed by atoms with Crippen LogP contribution in [0.2, 0.25) is 0 Å². The number of benzene rings is 2. The fourth-order valence-electron chi connectivity index (χ4n) is 1.78. The summed E-state index contributed by atoms with van der Waals surface area (Å²) >= 11 is 0. The second-order valence-electron chi connectivity index (χ2n) is 3.54. The largest absolute Gasteiger partial charge is 0.457 e. The molecule has 0 saturated carbocycles. The van der Waals surface area contributed by atoms with Gasteiger partial charge in [-0.05, 0) is 23.8 Å². The quantitative estimate of drug-likeness (QED) is 0.539. The Morgan fingerprint density at radius 3 is 2.87 bits per heavy atom. The van der Waals surface area contributed by atoms with E-state index in [0.717, 1.165) is 16.9 Å². The van der Waals surface area contributed by atoms with Crippen molar-refractivity contribution >= 4 is 0 Å². The topological polar surface area (TPSA) is 9.23 Å². The highest BCUT2D eigenvalue weighted by Gasteiger charge is 2.16. The average molecular weight is 199 g/mol. The van der Waals surface area contributed by atoms with E-state index < -0.39 is 0 Å². The van der Waals surface area contributed by atoms with E-state index in [2.05, 4.69) is 6.07 Å². The van der Waals surface area contributed by atoms with Crippen LogP contribution >= 0.6 is 0 Å². The molecule has 0 amide bonds. The van der Waals surface area contributed by atoms with Crippen LogP contribution in [-0.2, 0) is 6.42 Å². The molecule has 0 aromatic heterocycles. The molecule has 0 atom stereocenters. The van der Waals surface area contributed by atoms with E-state index in [-0.39, 0.29) is 5.82 Å². The molecule has 0 fully saturated rings. The molecule has 15 heavy (non-hydrogen) atoms. The van der Waals surface area contributed by atoms with Crippen molar-refractivity contribution in [2.75, 3.05) is 0 Å². The van der Waals surface area contributed by atoms with E-state index in [0.29, 0.717) is 12.2 Å². The fourth-order valence-corrected chi connectivity index (χ4v) is 1.78. The first-order valence-corrected chi connectivity index (χ1v) is 4.79. The minimum absolute atomic E-state index is 0.336. The molecule has 2 aromatic carbocycles. The van der Waals surface area contributed by atoms with Gasteiger partial charge >= 0.3 is 0 Å². The van der Waals surface area contributed by atoms with E-state index in [1.165, 1.54) is 6.07 Å². The molecule has 3 rings (SSSR count). The molecule has 2 aromatic rings. The van der Waals surface area contributed by atoms with Crippen molar-refractivity contribution in [3.05, 3.63) is 59.4 Å². The summed E-state index contributed by atoms with van der Waals surface area (Å²) in [6.07, 6.45) is 0.684. The molecule has 0 bridgehead atoms. The Morgan fingerprint density at radius 2 is 1.93 bits per heavy atom. The summed E-state index contributed by atoms with van der Waals surface area (Å²) in [5, 5.41) is 0. The molecule has 2 heteroatoms. The smallest absolute Gasteiger partial charge is 0.131 e. The molecular weight excluding hydrogens is 191 g/mol. The van der Waals surface area contributed by atoms with Gasteiger partial charge in [0.2, 0.25) is 0 Å². The molecule has 0 unspecified atom stereocenters. The summed E-state index contributed by atoms with van der Waals surface area (Å²) < 4.78 is 18.6. The van der Waals surface area contributed by atoms with Gasteiger partial charge in [-0.1, -0.05) is 18.2 Å². The van der Waals surface area contributed by atoms with Crippen molar-refractivity contribution in [3.63, 3.8) is 0 Å². The van der Waals surface area contributed by atoms with Crippen LogP contribution in [0.3, 0.4) is 0 Å². The third kappa shape index (κ3) is 1.38. The van der Waals surface area contributed by atoms with Crippen LogP contribution < -0.4 is 4.74 Å². The lowest BCUT2D eigenvalue weighted by Crippen LogP contribution is -2.03. The van der Waals surface area contributed by atoms with Crippen LogP contribution in [0.25, 0.3) is 0 Å². The van der Waals surface area contributed by atoms with Crippen molar-refractivity contribution in [3.8, 4) is 11.5 Å². The number of halogens is 1. The Labute approximate surface area is 87.1 Å². The first-order chi connectivity index (χ1) is 7.33. The number of fused-ring (bicyclic) bond motifs is 2. The van der Waals surface area contributed by atoms with Crippen molar-refractivity contribution in [1.82, 2.24) is 0 Å². The maximum absolute atomic E-state index is 13.0. The van der Waals surface area contributed by atoms with Gasteiger partial charge in [0.25, 0.3) is 0 Å². The van der Waals surface area contributed by atoms with Crippen LogP contribution in [0.1, 0.15) is 11.1 Å². The summed E-state index contributed by atoms with van der Waals surface area (Å²) in [6, 6.07) is 13.5. The third-order valence-corrected chi connectivity index (χ3v) is 2.51. The zero-order valence-electron chi connectivity index (χ0n) is 7.96. The fraction of sp³-hybridized carbons (Fsp3) is 0.0769. The molecule has 73 valence electrons. The van der Waals surface area contributed by atoms with E-state index in [1.807, 2.05) is 24.3 Å². The van der Waals surface area contributed by atoms with Gasteiger partial charge in [-0.15, -0.1) is 0 Å². The lowest BCUT2D eigenvalue weighted by molar-refractivity contribution is 0.457. The van der Waals surface area contributed by atoms with Gasteiger partial charge < -0.3 is 4.74 Å². The van der Waals surface area contributed by atoms with Gasteiger partial charge in [0.1, 0.15) is 17.3 Å². The highest BCUT2D eigenvalue weighted by Crippen LogP contribution is 2.35. The second kappa shape index (κ2) is 3.09. The molecule has 0 spiro atoms. The van der Waals surface area contributed by atoms with Gasteiger partial charge in [-0.2, -0.15) is 0 Å². The summed E-state index contributed by atoms with van der Waals surface area (Å²) in [7, 11) is 0. The molecule has 0 N–H and O–H groups in total. The van der Waals surface area contributed by atoms with Gasteiger partial charge in [0.15, 0.2) is 0 Å². The van der Waals surface area contributed by atoms with Crippen molar-refractivity contribution in [2.24, 2.45) is 0 Å². The SMILES string of the molecule is Fc1[c]c2c(cc1)Oc1ccccc1C2. The maximum atomic E-state index is 13.0. The van der Waals surface area contributed by atoms with Crippen LogP contribution in [0.4, 0.5) is 4.39 Å². The highest BCUT2D eigenvalue weighted by molar-refractivity contribution is 5.49. The average Bonchev–Trinajstić information content (AvgIpc) is 2.26. The van der Waals surface area contributed by atoms with Gasteiger partial charge in [-0.25, -0.2) is 4.39 Å². The van der Waals surface area contributed by atoms with Crippen LogP contribution in [0.5, 0.6) is 11.5 Å². The van der Waals surface area contributed by atoms with Gasteiger partial charge in [0.05, 0.1) is 0 Å². The molecular formula is C13H8FO. The van der Waals surface area contributed by atoms with Crippen molar-refractivity contribution in [2.45, 2.75) is 6.42 Å². The Hall–Kier alpha value is -1.83. The molecule has 0 aliphatic carbocycles. The first-order valence-electron chi connectivity index (χ1n) is 4.79. The number of hydrogen-bond donors (Lipinski definition) is 0. The van der Waals surface area contributed by atoms with Gasteiger partial charge in [-0.3, -0.25) is 0 Å². The predicted molar refractivity (Wildman–Crippen MR) is 54.6 cm³/mol. The van der Waals surface area contributed by atoms with E-state index >= 15 is 0 Å². The lowest BCUT2D eigenvalue weighted by atomic mass is 10.0. The Kier molecular flexibility index (Phi) is 1.75.